The Balaban J connectivity index is 1.48. The highest BCUT2D eigenvalue weighted by atomic mass is 32.2. The Morgan fingerprint density at radius 3 is 2.70 bits per heavy atom. The topological polar surface area (TPSA) is 105 Å². The SMILES string of the molecule is O=C(NS(=O)(=O)c1cccc2nccnc12)c1cc2c(F)cc(N3CCC3)cc2o1. The summed E-state index contributed by atoms with van der Waals surface area (Å²) in [5.74, 6) is -1.85. The first-order valence-electron chi connectivity index (χ1n) is 9.17. The Hall–Kier alpha value is -3.53. The maximum atomic E-state index is 14.5. The summed E-state index contributed by atoms with van der Waals surface area (Å²) in [6.07, 6.45) is 3.83. The predicted octanol–water partition coefficient (Wildman–Crippen LogP) is 2.84. The summed E-state index contributed by atoms with van der Waals surface area (Å²) in [4.78, 5) is 22.5. The van der Waals surface area contributed by atoms with Gasteiger partial charge in [0.1, 0.15) is 21.8 Å². The molecule has 1 N–H and O–H groups in total. The van der Waals surface area contributed by atoms with E-state index in [4.69, 9.17) is 4.42 Å². The molecular weight excluding hydrogens is 411 g/mol. The molecule has 1 fully saturated rings. The summed E-state index contributed by atoms with van der Waals surface area (Å²) in [7, 11) is -4.26. The van der Waals surface area contributed by atoms with Gasteiger partial charge >= 0.3 is 5.91 Å². The highest BCUT2D eigenvalue weighted by Gasteiger charge is 2.25. The molecule has 30 heavy (non-hydrogen) atoms. The van der Waals surface area contributed by atoms with Gasteiger partial charge in [-0.05, 0) is 24.6 Å². The molecule has 3 heterocycles. The second kappa shape index (κ2) is 6.77. The summed E-state index contributed by atoms with van der Waals surface area (Å²) in [6.45, 7) is 1.65. The molecule has 2 aromatic heterocycles. The van der Waals surface area contributed by atoms with Crippen molar-refractivity contribution in [3.05, 3.63) is 60.4 Å². The molecule has 1 saturated heterocycles. The van der Waals surface area contributed by atoms with Crippen LogP contribution >= 0.6 is 0 Å². The first kappa shape index (κ1) is 18.5. The zero-order valence-corrected chi connectivity index (χ0v) is 16.3. The summed E-state index contributed by atoms with van der Waals surface area (Å²) in [6, 6.07) is 8.65. The van der Waals surface area contributed by atoms with Gasteiger partial charge in [-0.1, -0.05) is 6.07 Å². The highest BCUT2D eigenvalue weighted by molar-refractivity contribution is 7.90. The van der Waals surface area contributed by atoms with Crippen LogP contribution in [0.4, 0.5) is 10.1 Å². The fraction of sp³-hybridized carbons (Fsp3) is 0.150. The second-order valence-electron chi connectivity index (χ2n) is 6.91. The van der Waals surface area contributed by atoms with E-state index in [0.29, 0.717) is 11.2 Å². The number of furan rings is 1. The summed E-state index contributed by atoms with van der Waals surface area (Å²) < 4.78 is 47.5. The number of hydrogen-bond acceptors (Lipinski definition) is 7. The number of aromatic nitrogens is 2. The molecule has 0 radical (unpaired) electrons. The Morgan fingerprint density at radius 2 is 1.93 bits per heavy atom. The average Bonchev–Trinajstić information content (AvgIpc) is 3.11. The van der Waals surface area contributed by atoms with Crippen LogP contribution in [-0.4, -0.2) is 37.4 Å². The van der Waals surface area contributed by atoms with Crippen molar-refractivity contribution < 1.29 is 22.0 Å². The van der Waals surface area contributed by atoms with Gasteiger partial charge in [-0.3, -0.25) is 14.8 Å². The third kappa shape index (κ3) is 3.05. The number of sulfonamides is 1. The fourth-order valence-corrected chi connectivity index (χ4v) is 4.49. The Kier molecular flexibility index (Phi) is 4.17. The third-order valence-corrected chi connectivity index (χ3v) is 6.36. The van der Waals surface area contributed by atoms with Crippen LogP contribution in [0.5, 0.6) is 0 Å². The van der Waals surface area contributed by atoms with Crippen molar-refractivity contribution in [1.82, 2.24) is 14.7 Å². The van der Waals surface area contributed by atoms with Crippen LogP contribution in [0.3, 0.4) is 0 Å². The molecule has 0 saturated carbocycles. The van der Waals surface area contributed by atoms with E-state index >= 15 is 0 Å². The second-order valence-corrected chi connectivity index (χ2v) is 8.56. The number of carbonyl (C=O) groups excluding carboxylic acids is 1. The Bertz CT molecular complexity index is 1410. The van der Waals surface area contributed by atoms with Crippen LogP contribution in [0.25, 0.3) is 22.0 Å². The van der Waals surface area contributed by atoms with E-state index in [-0.39, 0.29) is 27.1 Å². The van der Waals surface area contributed by atoms with Crippen molar-refractivity contribution in [3.63, 3.8) is 0 Å². The molecule has 0 spiro atoms. The van der Waals surface area contributed by atoms with Crippen molar-refractivity contribution in [2.24, 2.45) is 0 Å². The molecule has 0 atom stereocenters. The van der Waals surface area contributed by atoms with E-state index in [1.165, 1.54) is 36.7 Å². The quantitative estimate of drug-likeness (QED) is 0.535. The molecule has 10 heteroatoms. The zero-order valence-electron chi connectivity index (χ0n) is 15.5. The van der Waals surface area contributed by atoms with Crippen LogP contribution in [-0.2, 0) is 10.0 Å². The lowest BCUT2D eigenvalue weighted by atomic mass is 10.1. The van der Waals surface area contributed by atoms with Gasteiger partial charge in [0.15, 0.2) is 5.76 Å². The summed E-state index contributed by atoms with van der Waals surface area (Å²) in [5.41, 5.74) is 1.34. The molecule has 1 amide bonds. The molecule has 1 aliphatic rings. The molecule has 152 valence electrons. The number of halogens is 1. The lowest BCUT2D eigenvalue weighted by Crippen LogP contribution is -2.36. The Morgan fingerprint density at radius 1 is 1.13 bits per heavy atom. The van der Waals surface area contributed by atoms with Gasteiger partial charge in [-0.2, -0.15) is 0 Å². The van der Waals surface area contributed by atoms with Crippen LogP contribution in [0.2, 0.25) is 0 Å². The minimum absolute atomic E-state index is 0.109. The van der Waals surface area contributed by atoms with Crippen molar-refractivity contribution in [2.45, 2.75) is 11.3 Å². The van der Waals surface area contributed by atoms with Gasteiger partial charge in [0, 0.05) is 43.3 Å². The van der Waals surface area contributed by atoms with E-state index in [1.807, 2.05) is 9.62 Å². The van der Waals surface area contributed by atoms with Crippen molar-refractivity contribution >= 4 is 43.6 Å². The monoisotopic (exact) mass is 426 g/mol. The molecule has 0 aliphatic carbocycles. The molecular formula is C20H15FN4O4S. The standard InChI is InChI=1S/C20H15FN4O4S/c21-14-9-12(25-7-2-8-25)10-16-13(14)11-17(29-16)20(26)24-30(27,28)18-4-1-3-15-19(18)23-6-5-22-15/h1,3-6,9-11H,2,7-8H2,(H,24,26). The van der Waals surface area contributed by atoms with Crippen LogP contribution in [0.15, 0.2) is 58.1 Å². The van der Waals surface area contributed by atoms with Gasteiger partial charge in [0.25, 0.3) is 10.0 Å². The van der Waals surface area contributed by atoms with Crippen molar-refractivity contribution in [1.29, 1.82) is 0 Å². The van der Waals surface area contributed by atoms with Crippen molar-refractivity contribution in [2.75, 3.05) is 18.0 Å². The van der Waals surface area contributed by atoms with E-state index in [9.17, 15) is 17.6 Å². The number of rotatable bonds is 4. The van der Waals surface area contributed by atoms with E-state index in [2.05, 4.69) is 9.97 Å². The molecule has 5 rings (SSSR count). The van der Waals surface area contributed by atoms with Gasteiger partial charge in [-0.15, -0.1) is 0 Å². The number of carbonyl (C=O) groups is 1. The van der Waals surface area contributed by atoms with Crippen molar-refractivity contribution in [3.8, 4) is 0 Å². The molecule has 8 nitrogen and oxygen atoms in total. The predicted molar refractivity (Wildman–Crippen MR) is 107 cm³/mol. The fourth-order valence-electron chi connectivity index (χ4n) is 3.36. The number of nitrogens with one attached hydrogen (secondary N) is 1. The van der Waals surface area contributed by atoms with Crippen LogP contribution < -0.4 is 9.62 Å². The average molecular weight is 426 g/mol. The highest BCUT2D eigenvalue weighted by Crippen LogP contribution is 2.30. The lowest BCUT2D eigenvalue weighted by Gasteiger charge is -2.33. The molecule has 0 bridgehead atoms. The number of fused-ring (bicyclic) bond motifs is 2. The smallest absolute Gasteiger partial charge is 0.300 e. The number of hydrogen-bond donors (Lipinski definition) is 1. The first-order chi connectivity index (χ1) is 14.4. The minimum atomic E-state index is -4.26. The zero-order chi connectivity index (χ0) is 20.9. The molecule has 1 aliphatic heterocycles. The maximum Gasteiger partial charge on any atom is 0.300 e. The number of anilines is 1. The largest absolute Gasteiger partial charge is 0.451 e. The third-order valence-electron chi connectivity index (χ3n) is 4.99. The number of benzene rings is 2. The summed E-state index contributed by atoms with van der Waals surface area (Å²) in [5, 5.41) is 0.109. The van der Waals surface area contributed by atoms with Gasteiger partial charge < -0.3 is 9.32 Å². The normalized spacial score (nSPS) is 14.1. The van der Waals surface area contributed by atoms with Crippen LogP contribution in [0, 0.1) is 5.82 Å². The van der Waals surface area contributed by atoms with Crippen LogP contribution in [0.1, 0.15) is 17.0 Å². The first-order valence-corrected chi connectivity index (χ1v) is 10.7. The molecule has 2 aromatic carbocycles. The van der Waals surface area contributed by atoms with E-state index in [0.717, 1.165) is 19.5 Å². The number of amides is 1. The maximum absolute atomic E-state index is 14.5. The van der Waals surface area contributed by atoms with Gasteiger partial charge in [-0.25, -0.2) is 17.5 Å². The molecule has 0 unspecified atom stereocenters. The molecule has 4 aromatic rings. The van der Waals surface area contributed by atoms with E-state index in [1.54, 1.807) is 12.1 Å². The lowest BCUT2D eigenvalue weighted by molar-refractivity contribution is 0.0956. The van der Waals surface area contributed by atoms with E-state index < -0.39 is 21.7 Å². The minimum Gasteiger partial charge on any atom is -0.451 e. The Labute approximate surface area is 170 Å². The van der Waals surface area contributed by atoms with Gasteiger partial charge in [0.2, 0.25) is 0 Å². The number of para-hydroxylation sites is 1. The van der Waals surface area contributed by atoms with Gasteiger partial charge in [0.05, 0.1) is 10.9 Å². The number of nitrogens with zero attached hydrogens (tertiary/aromatic N) is 3. The summed E-state index contributed by atoms with van der Waals surface area (Å²) >= 11 is 0.